The van der Waals surface area contributed by atoms with Crippen LogP contribution in [0.4, 0.5) is 5.82 Å². The SMILES string of the molecule is CCc1c(C)nc(-c2cc(Cl)cs2)nc1NC. The van der Waals surface area contributed by atoms with Gasteiger partial charge in [-0.05, 0) is 19.4 Å². The van der Waals surface area contributed by atoms with Crippen LogP contribution in [0.2, 0.25) is 5.02 Å². The molecular formula is C12H14ClN3S. The van der Waals surface area contributed by atoms with Gasteiger partial charge in [-0.25, -0.2) is 9.97 Å². The van der Waals surface area contributed by atoms with E-state index in [-0.39, 0.29) is 0 Å². The van der Waals surface area contributed by atoms with Crippen molar-refractivity contribution in [3.63, 3.8) is 0 Å². The van der Waals surface area contributed by atoms with Crippen LogP contribution >= 0.6 is 22.9 Å². The summed E-state index contributed by atoms with van der Waals surface area (Å²) in [6, 6.07) is 1.89. The summed E-state index contributed by atoms with van der Waals surface area (Å²) in [6.45, 7) is 4.12. The standard InChI is InChI=1S/C12H14ClN3S/c1-4-9-7(2)15-12(16-11(9)14-3)10-5-8(13)6-17-10/h5-6H,4H2,1-3H3,(H,14,15,16). The summed E-state index contributed by atoms with van der Waals surface area (Å²) in [5.41, 5.74) is 2.19. The Kier molecular flexibility index (Phi) is 3.64. The highest BCUT2D eigenvalue weighted by Gasteiger charge is 2.11. The summed E-state index contributed by atoms with van der Waals surface area (Å²) in [5.74, 6) is 1.64. The van der Waals surface area contributed by atoms with Gasteiger partial charge in [-0.2, -0.15) is 0 Å². The van der Waals surface area contributed by atoms with Crippen LogP contribution in [0.1, 0.15) is 18.2 Å². The number of nitrogens with one attached hydrogen (secondary N) is 1. The Morgan fingerprint density at radius 2 is 2.18 bits per heavy atom. The molecule has 0 amide bonds. The summed E-state index contributed by atoms with van der Waals surface area (Å²) in [5, 5.41) is 5.75. The maximum Gasteiger partial charge on any atom is 0.171 e. The minimum atomic E-state index is 0.733. The molecule has 90 valence electrons. The second-order valence-electron chi connectivity index (χ2n) is 3.69. The Balaban J connectivity index is 2.53. The zero-order chi connectivity index (χ0) is 12.4. The van der Waals surface area contributed by atoms with E-state index in [1.165, 1.54) is 5.56 Å². The maximum absolute atomic E-state index is 5.92. The van der Waals surface area contributed by atoms with E-state index < -0.39 is 0 Å². The minimum Gasteiger partial charge on any atom is -0.373 e. The fourth-order valence-electron chi connectivity index (χ4n) is 1.77. The third kappa shape index (κ3) is 2.42. The van der Waals surface area contributed by atoms with Crippen molar-refractivity contribution < 1.29 is 0 Å². The average Bonchev–Trinajstić information content (AvgIpc) is 2.74. The summed E-state index contributed by atoms with van der Waals surface area (Å²) in [4.78, 5) is 10.1. The first-order valence-electron chi connectivity index (χ1n) is 5.45. The van der Waals surface area contributed by atoms with Gasteiger partial charge in [-0.3, -0.25) is 0 Å². The van der Waals surface area contributed by atoms with Gasteiger partial charge in [-0.15, -0.1) is 11.3 Å². The Labute approximate surface area is 110 Å². The van der Waals surface area contributed by atoms with Crippen LogP contribution in [0.15, 0.2) is 11.4 Å². The van der Waals surface area contributed by atoms with Crippen LogP contribution in [0.3, 0.4) is 0 Å². The predicted molar refractivity (Wildman–Crippen MR) is 74.0 cm³/mol. The van der Waals surface area contributed by atoms with Gasteiger partial charge >= 0.3 is 0 Å². The van der Waals surface area contributed by atoms with Gasteiger partial charge in [0, 0.05) is 23.7 Å². The maximum atomic E-state index is 5.92. The molecule has 0 fully saturated rings. The van der Waals surface area contributed by atoms with Gasteiger partial charge in [0.1, 0.15) is 5.82 Å². The topological polar surface area (TPSA) is 37.8 Å². The molecule has 2 aromatic rings. The number of halogens is 1. The minimum absolute atomic E-state index is 0.733. The molecule has 2 heterocycles. The van der Waals surface area contributed by atoms with Gasteiger partial charge in [0.25, 0.3) is 0 Å². The van der Waals surface area contributed by atoms with Crippen LogP contribution in [0, 0.1) is 6.92 Å². The lowest BCUT2D eigenvalue weighted by Gasteiger charge is -2.10. The van der Waals surface area contributed by atoms with E-state index in [1.807, 2.05) is 25.4 Å². The van der Waals surface area contributed by atoms with E-state index in [0.717, 1.165) is 33.7 Å². The predicted octanol–water partition coefficient (Wildman–Crippen LogP) is 3.77. The van der Waals surface area contributed by atoms with Gasteiger partial charge in [0.05, 0.1) is 9.90 Å². The van der Waals surface area contributed by atoms with Crippen LogP contribution in [-0.2, 0) is 6.42 Å². The van der Waals surface area contributed by atoms with E-state index in [9.17, 15) is 0 Å². The fraction of sp³-hybridized carbons (Fsp3) is 0.333. The molecule has 0 spiro atoms. The van der Waals surface area contributed by atoms with E-state index in [2.05, 4.69) is 22.2 Å². The molecule has 0 radical (unpaired) electrons. The number of aromatic nitrogens is 2. The first kappa shape index (κ1) is 12.3. The van der Waals surface area contributed by atoms with E-state index >= 15 is 0 Å². The molecule has 0 saturated heterocycles. The summed E-state index contributed by atoms with van der Waals surface area (Å²) in [6.07, 6.45) is 0.924. The molecule has 0 aliphatic heterocycles. The number of hydrogen-bond donors (Lipinski definition) is 1. The molecule has 0 aliphatic rings. The lowest BCUT2D eigenvalue weighted by Crippen LogP contribution is -2.04. The van der Waals surface area contributed by atoms with E-state index in [0.29, 0.717) is 0 Å². The van der Waals surface area contributed by atoms with Crippen molar-refractivity contribution in [3.8, 4) is 10.7 Å². The van der Waals surface area contributed by atoms with Crippen molar-refractivity contribution >= 4 is 28.8 Å². The molecular weight excluding hydrogens is 254 g/mol. The number of aryl methyl sites for hydroxylation is 1. The van der Waals surface area contributed by atoms with Gasteiger partial charge in [0.2, 0.25) is 0 Å². The molecule has 0 aliphatic carbocycles. The lowest BCUT2D eigenvalue weighted by molar-refractivity contribution is 1.00. The average molecular weight is 268 g/mol. The highest BCUT2D eigenvalue weighted by Crippen LogP contribution is 2.29. The quantitative estimate of drug-likeness (QED) is 0.920. The van der Waals surface area contributed by atoms with Crippen molar-refractivity contribution in [1.29, 1.82) is 0 Å². The molecule has 3 nitrogen and oxygen atoms in total. The highest BCUT2D eigenvalue weighted by atomic mass is 35.5. The Morgan fingerprint density at radius 3 is 2.71 bits per heavy atom. The molecule has 0 bridgehead atoms. The van der Waals surface area contributed by atoms with Crippen LogP contribution < -0.4 is 5.32 Å². The van der Waals surface area contributed by atoms with E-state index in [4.69, 9.17) is 11.6 Å². The molecule has 5 heteroatoms. The Morgan fingerprint density at radius 1 is 1.41 bits per heavy atom. The van der Waals surface area contributed by atoms with Gasteiger partial charge in [-0.1, -0.05) is 18.5 Å². The molecule has 0 aromatic carbocycles. The number of rotatable bonds is 3. The van der Waals surface area contributed by atoms with Crippen molar-refractivity contribution in [2.75, 3.05) is 12.4 Å². The number of hydrogen-bond acceptors (Lipinski definition) is 4. The molecule has 2 aromatic heterocycles. The Bertz CT molecular complexity index is 537. The van der Waals surface area contributed by atoms with Crippen molar-refractivity contribution in [1.82, 2.24) is 9.97 Å². The zero-order valence-corrected chi connectivity index (χ0v) is 11.6. The summed E-state index contributed by atoms with van der Waals surface area (Å²) in [7, 11) is 1.88. The number of anilines is 1. The number of thiophene rings is 1. The smallest absolute Gasteiger partial charge is 0.171 e. The third-order valence-corrected chi connectivity index (χ3v) is 3.87. The highest BCUT2D eigenvalue weighted by molar-refractivity contribution is 7.14. The van der Waals surface area contributed by atoms with Gasteiger partial charge < -0.3 is 5.32 Å². The monoisotopic (exact) mass is 267 g/mol. The molecule has 0 saturated carbocycles. The normalized spacial score (nSPS) is 10.6. The first-order valence-corrected chi connectivity index (χ1v) is 6.71. The molecule has 0 unspecified atom stereocenters. The van der Waals surface area contributed by atoms with Crippen LogP contribution in [0.5, 0.6) is 0 Å². The number of nitrogens with zero attached hydrogens (tertiary/aromatic N) is 2. The molecule has 0 atom stereocenters. The van der Waals surface area contributed by atoms with Crippen molar-refractivity contribution in [2.45, 2.75) is 20.3 Å². The molecule has 2 rings (SSSR count). The fourth-order valence-corrected chi connectivity index (χ4v) is 2.77. The zero-order valence-electron chi connectivity index (χ0n) is 10.0. The molecule has 17 heavy (non-hydrogen) atoms. The van der Waals surface area contributed by atoms with Gasteiger partial charge in [0.15, 0.2) is 5.82 Å². The summed E-state index contributed by atoms with van der Waals surface area (Å²) < 4.78 is 0. The van der Waals surface area contributed by atoms with E-state index in [1.54, 1.807) is 11.3 Å². The van der Waals surface area contributed by atoms with Crippen molar-refractivity contribution in [3.05, 3.63) is 27.7 Å². The van der Waals surface area contributed by atoms with Crippen LogP contribution in [-0.4, -0.2) is 17.0 Å². The second kappa shape index (κ2) is 5.02. The largest absolute Gasteiger partial charge is 0.373 e. The van der Waals surface area contributed by atoms with Crippen molar-refractivity contribution in [2.24, 2.45) is 0 Å². The molecule has 1 N–H and O–H groups in total. The third-order valence-electron chi connectivity index (χ3n) is 2.59. The van der Waals surface area contributed by atoms with Crippen LogP contribution in [0.25, 0.3) is 10.7 Å². The second-order valence-corrected chi connectivity index (χ2v) is 5.04. The lowest BCUT2D eigenvalue weighted by atomic mass is 10.1. The summed E-state index contributed by atoms with van der Waals surface area (Å²) >= 11 is 7.48. The first-order chi connectivity index (χ1) is 8.15. The Hall–Kier alpha value is -1.13.